The highest BCUT2D eigenvalue weighted by Crippen LogP contribution is 2.29. The van der Waals surface area contributed by atoms with Crippen LogP contribution in [0.4, 0.5) is 0 Å². The van der Waals surface area contributed by atoms with E-state index in [9.17, 15) is 0 Å². The summed E-state index contributed by atoms with van der Waals surface area (Å²) in [6.07, 6.45) is 27.3. The summed E-state index contributed by atoms with van der Waals surface area (Å²) in [4.78, 5) is 0. The molecule has 0 heterocycles. The molecule has 0 aliphatic carbocycles. The van der Waals surface area contributed by atoms with Crippen molar-refractivity contribution in [3.63, 3.8) is 0 Å². The third-order valence-corrected chi connectivity index (χ3v) is 20.4. The van der Waals surface area contributed by atoms with Gasteiger partial charge in [-0.15, -0.1) is 0 Å². The van der Waals surface area contributed by atoms with Crippen LogP contribution >= 0.6 is 0 Å². The molecule has 0 aliphatic rings. The van der Waals surface area contributed by atoms with Crippen molar-refractivity contribution in [3.8, 4) is 0 Å². The molecule has 0 fully saturated rings. The summed E-state index contributed by atoms with van der Waals surface area (Å²) < 4.78 is 0. The maximum Gasteiger partial charge on any atom is -0.0334 e. The minimum atomic E-state index is 0.500. The highest BCUT2D eigenvalue weighted by atomic mass is 14.2. The topological polar surface area (TPSA) is 0 Å². The maximum atomic E-state index is 2.33. The summed E-state index contributed by atoms with van der Waals surface area (Å²) in [6, 6.07) is 0. The van der Waals surface area contributed by atoms with E-state index in [1.54, 1.807) is 0 Å². The van der Waals surface area contributed by atoms with Crippen LogP contribution in [-0.2, 0) is 0 Å². The fourth-order valence-electron chi connectivity index (χ4n) is 8.24. The van der Waals surface area contributed by atoms with Crippen LogP contribution in [0.15, 0.2) is 0 Å². The Labute approximate surface area is 685 Å². The van der Waals surface area contributed by atoms with Crippen molar-refractivity contribution in [1.82, 2.24) is 0 Å². The van der Waals surface area contributed by atoms with Gasteiger partial charge in [0, 0.05) is 0 Å². The molecule has 105 heavy (non-hydrogen) atoms. The predicted molar refractivity (Wildman–Crippen MR) is 515 cm³/mol. The fourth-order valence-corrected chi connectivity index (χ4v) is 8.24. The minimum absolute atomic E-state index is 0.500. The van der Waals surface area contributed by atoms with E-state index < -0.39 is 0 Å². The first-order valence-corrected chi connectivity index (χ1v) is 47.1. The first kappa shape index (κ1) is 140. The second kappa shape index (κ2) is 96.4. The first-order chi connectivity index (χ1) is 47.1. The van der Waals surface area contributed by atoms with Gasteiger partial charge in [-0.25, -0.2) is 0 Å². The van der Waals surface area contributed by atoms with Crippen molar-refractivity contribution >= 4 is 0 Å². The minimum Gasteiger partial charge on any atom is -0.0654 e. The van der Waals surface area contributed by atoms with Crippen LogP contribution in [0.2, 0.25) is 0 Å². The average Bonchev–Trinajstić information content (AvgIpc) is 0.930. The molecule has 0 spiro atoms. The van der Waals surface area contributed by atoms with Crippen molar-refractivity contribution in [1.29, 1.82) is 0 Å². The van der Waals surface area contributed by atoms with Crippen molar-refractivity contribution in [2.24, 2.45) is 152 Å². The van der Waals surface area contributed by atoms with Gasteiger partial charge in [0.1, 0.15) is 0 Å². The van der Waals surface area contributed by atoms with E-state index in [1.807, 2.05) is 0 Å². The van der Waals surface area contributed by atoms with E-state index in [1.165, 1.54) is 128 Å². The summed E-state index contributed by atoms with van der Waals surface area (Å²) in [5.74, 6) is 20.0. The SMILES string of the molecule is CC(C)C.CC(C)C(C)(C)C.CC(C)C(C)C.CC(C)C(C)C(C)C.CC(C)CC(C)(C)C.CC(C)CC(C)C.CC(C)CCC(C)C.CCC(C)(C)C(C)C.CCC(C)C.CCC(C)C(C)C.CCC(C)CC(C)C.CCCC(C)C.CCCC(C)C(C)C.CCCCC(C)C.CCCCCC(C)C. The monoisotopic (exact) mass is 1500 g/mol. The lowest BCUT2D eigenvalue weighted by atomic mass is 9.79. The second-order valence-electron chi connectivity index (χ2n) is 43.3. The summed E-state index contributed by atoms with van der Waals surface area (Å²) in [6.45, 7) is 134. The van der Waals surface area contributed by atoms with Crippen LogP contribution in [-0.4, -0.2) is 0 Å². The fraction of sp³-hybridized carbons (Fsp3) is 1.00. The second-order valence-corrected chi connectivity index (χ2v) is 43.3. The Kier molecular flexibility index (Phi) is 129. The van der Waals surface area contributed by atoms with Gasteiger partial charge in [0.15, 0.2) is 0 Å². The number of rotatable bonds is 29. The molecule has 0 aromatic rings. The molecule has 0 N–H and O–H groups in total. The Morgan fingerprint density at radius 1 is 0.229 bits per heavy atom. The van der Waals surface area contributed by atoms with E-state index in [0.717, 1.165) is 136 Å². The van der Waals surface area contributed by atoms with Gasteiger partial charge < -0.3 is 0 Å². The zero-order chi connectivity index (χ0) is 87.9. The van der Waals surface area contributed by atoms with Crippen LogP contribution < -0.4 is 0 Å². The maximum absolute atomic E-state index is 2.33. The molecule has 0 amide bonds. The van der Waals surface area contributed by atoms with E-state index in [0.29, 0.717) is 16.2 Å². The molecule has 0 bridgehead atoms. The van der Waals surface area contributed by atoms with E-state index in [-0.39, 0.29) is 0 Å². The standard InChI is InChI=1S/7C8H18.4C7H16.2C6H14.C5H12.C4H10/c1-7(2)6-8(3,4)5;1-7(2)5-6-8(3)4;1-6-8(4,5)7(2)3;1-6(2)8(5)7(3)4;1-5-8(4)6-7(2)3;1-5-6-8(4)7(2)3;1-4-5-6-7-8(2)3;1-6(2)7(3,4)5;1-6(2)5-7(3)4;1-5-7(4)6(2)3;1-4-5-6-7(2)3;1-5(2)6(3)4;1-4-5-6(2)3;1-4-5(2)3;1-4(2)3/h7H,6H2,1-5H3;7-8H,5-6H2,1-4H3;7H,6H2,1-5H3;6-8H,1-5H3;2*7-8H,5-6H2,1-4H3;8H,4-7H2,1-3H3;6H,1-5H3;2*6-7H,5H2,1-4H3;7H,4-6H2,1-3H3;5-6H,1-4H3;6H,4-5H2,1-3H3;5H,4H2,1-3H3;4H,1-3H3. The third-order valence-electron chi connectivity index (χ3n) is 20.4. The number of hydrogen-bond acceptors (Lipinski definition) is 0. The average molecular weight is 1500 g/mol. The Morgan fingerprint density at radius 2 is 0.514 bits per heavy atom. The quantitative estimate of drug-likeness (QED) is 0.0655. The van der Waals surface area contributed by atoms with Crippen LogP contribution in [0.3, 0.4) is 0 Å². The summed E-state index contributed by atoms with van der Waals surface area (Å²) >= 11 is 0. The molecule has 3 atom stereocenters. The molecular formula is C105H240. The predicted octanol–water partition coefficient (Wildman–Crippen LogP) is 40.9. The summed E-state index contributed by atoms with van der Waals surface area (Å²) in [7, 11) is 0. The molecule has 0 nitrogen and oxygen atoms in total. The Balaban J connectivity index is -0.0000000637. The largest absolute Gasteiger partial charge is 0.0654 e. The van der Waals surface area contributed by atoms with Gasteiger partial charge in [-0.05, 0) is 172 Å². The molecule has 0 rings (SSSR count). The van der Waals surface area contributed by atoms with Crippen LogP contribution in [0.1, 0.15) is 537 Å². The van der Waals surface area contributed by atoms with E-state index in [4.69, 9.17) is 0 Å². The normalized spacial score (nSPS) is 12.0. The molecule has 0 aliphatic heterocycles. The number of unbranched alkanes of at least 4 members (excludes halogenated alkanes) is 3. The molecule has 0 saturated heterocycles. The summed E-state index contributed by atoms with van der Waals surface area (Å²) in [5, 5.41) is 0. The zero-order valence-electron chi connectivity index (χ0n) is 87.9. The van der Waals surface area contributed by atoms with Crippen molar-refractivity contribution in [3.05, 3.63) is 0 Å². The zero-order valence-corrected chi connectivity index (χ0v) is 87.9. The Morgan fingerprint density at radius 3 is 0.581 bits per heavy atom. The molecule has 0 saturated carbocycles. The van der Waals surface area contributed by atoms with Gasteiger partial charge in [0.25, 0.3) is 0 Å². The lowest BCUT2D eigenvalue weighted by Crippen LogP contribution is -2.17. The van der Waals surface area contributed by atoms with Crippen molar-refractivity contribution in [2.45, 2.75) is 537 Å². The van der Waals surface area contributed by atoms with Crippen LogP contribution in [0.5, 0.6) is 0 Å². The van der Waals surface area contributed by atoms with E-state index >= 15 is 0 Å². The van der Waals surface area contributed by atoms with Gasteiger partial charge in [-0.1, -0.05) is 518 Å². The number of hydrogen-bond donors (Lipinski definition) is 0. The Bertz CT molecular complexity index is 1350. The van der Waals surface area contributed by atoms with Gasteiger partial charge >= 0.3 is 0 Å². The lowest BCUT2D eigenvalue weighted by Gasteiger charge is -2.27. The van der Waals surface area contributed by atoms with E-state index in [2.05, 4.69) is 409 Å². The molecule has 0 heteroatoms. The van der Waals surface area contributed by atoms with Gasteiger partial charge in [-0.2, -0.15) is 0 Å². The molecule has 0 aromatic heterocycles. The lowest BCUT2D eigenvalue weighted by molar-refractivity contribution is 0.240. The van der Waals surface area contributed by atoms with Crippen LogP contribution in [0, 0.1) is 152 Å². The third kappa shape index (κ3) is 198. The van der Waals surface area contributed by atoms with Crippen molar-refractivity contribution < 1.29 is 0 Å². The molecule has 660 valence electrons. The summed E-state index contributed by atoms with van der Waals surface area (Å²) in [5.41, 5.74) is 1.56. The molecule has 0 aromatic carbocycles. The first-order valence-electron chi connectivity index (χ1n) is 47.1. The molecule has 0 radical (unpaired) electrons. The van der Waals surface area contributed by atoms with Gasteiger partial charge in [-0.3, -0.25) is 0 Å². The van der Waals surface area contributed by atoms with Crippen molar-refractivity contribution in [2.75, 3.05) is 0 Å². The molecule has 3 unspecified atom stereocenters. The van der Waals surface area contributed by atoms with Crippen LogP contribution in [0.25, 0.3) is 0 Å². The molecular weight excluding hydrogens is 1260 g/mol. The Hall–Kier alpha value is 0. The van der Waals surface area contributed by atoms with Gasteiger partial charge in [0.2, 0.25) is 0 Å². The smallest absolute Gasteiger partial charge is 0.0334 e. The highest BCUT2D eigenvalue weighted by molar-refractivity contribution is 4.69. The van der Waals surface area contributed by atoms with Gasteiger partial charge in [0.05, 0.1) is 0 Å². The highest BCUT2D eigenvalue weighted by Gasteiger charge is 2.19.